The Balaban J connectivity index is 2.52. The van der Waals surface area contributed by atoms with Crippen molar-refractivity contribution in [2.75, 3.05) is 0 Å². The molecule has 1 aliphatic rings. The van der Waals surface area contributed by atoms with Crippen LogP contribution in [0.5, 0.6) is 0 Å². The van der Waals surface area contributed by atoms with E-state index in [2.05, 4.69) is 19.9 Å². The first-order valence-electron chi connectivity index (χ1n) is 7.53. The number of allylic oxidation sites excluding steroid dienone is 2. The third-order valence-electron chi connectivity index (χ3n) is 3.82. The lowest BCUT2D eigenvalue weighted by Crippen LogP contribution is -2.30. The van der Waals surface area contributed by atoms with Gasteiger partial charge in [0, 0.05) is 12.0 Å². The van der Waals surface area contributed by atoms with Crippen LogP contribution in [-0.4, -0.2) is 16.0 Å². The van der Waals surface area contributed by atoms with Crippen molar-refractivity contribution < 1.29 is 10.2 Å². The highest BCUT2D eigenvalue weighted by molar-refractivity contribution is 5.76. The van der Waals surface area contributed by atoms with Crippen LogP contribution in [-0.2, 0) is 12.8 Å². The fourth-order valence-corrected chi connectivity index (χ4v) is 2.88. The topological polar surface area (TPSA) is 40.5 Å². The molecule has 1 aromatic carbocycles. The minimum atomic E-state index is -1.75. The van der Waals surface area contributed by atoms with Crippen LogP contribution >= 0.6 is 0 Å². The molecular formula is C18H24O2. The van der Waals surface area contributed by atoms with Crippen LogP contribution in [0, 0.1) is 0 Å². The molecule has 0 amide bonds. The Bertz CT molecular complexity index is 524. The fraction of sp³-hybridized carbons (Fsp3) is 0.444. The monoisotopic (exact) mass is 272 g/mol. The highest BCUT2D eigenvalue weighted by Crippen LogP contribution is 2.35. The number of rotatable bonds is 5. The van der Waals surface area contributed by atoms with Crippen molar-refractivity contribution >= 4 is 5.57 Å². The van der Waals surface area contributed by atoms with E-state index in [4.69, 9.17) is 0 Å². The van der Waals surface area contributed by atoms with Crippen LogP contribution in [0.25, 0.3) is 5.57 Å². The van der Waals surface area contributed by atoms with Gasteiger partial charge in [-0.1, -0.05) is 63.1 Å². The fourth-order valence-electron chi connectivity index (χ4n) is 2.88. The molecule has 2 N–H and O–H groups in total. The van der Waals surface area contributed by atoms with Crippen LogP contribution in [0.1, 0.15) is 49.8 Å². The lowest BCUT2D eigenvalue weighted by atomic mass is 9.85. The van der Waals surface area contributed by atoms with Crippen LogP contribution in [0.3, 0.4) is 0 Å². The zero-order chi connectivity index (χ0) is 14.6. The van der Waals surface area contributed by atoms with Gasteiger partial charge in [0.25, 0.3) is 0 Å². The van der Waals surface area contributed by atoms with Crippen molar-refractivity contribution in [2.24, 2.45) is 0 Å². The largest absolute Gasteiger partial charge is 0.362 e. The van der Waals surface area contributed by atoms with Crippen LogP contribution in [0.2, 0.25) is 0 Å². The van der Waals surface area contributed by atoms with Gasteiger partial charge in [0.1, 0.15) is 0 Å². The molecule has 2 nitrogen and oxygen atoms in total. The average Bonchev–Trinajstić information content (AvgIpc) is 2.41. The second-order valence-corrected chi connectivity index (χ2v) is 5.47. The summed E-state index contributed by atoms with van der Waals surface area (Å²) >= 11 is 0. The van der Waals surface area contributed by atoms with Crippen LogP contribution < -0.4 is 0 Å². The summed E-state index contributed by atoms with van der Waals surface area (Å²) in [6, 6.07) is 6.19. The number of aryl methyl sites for hydroxylation is 1. The van der Waals surface area contributed by atoms with Gasteiger partial charge in [0.2, 0.25) is 0 Å². The molecule has 0 radical (unpaired) electrons. The Morgan fingerprint density at radius 3 is 2.50 bits per heavy atom. The Hall–Kier alpha value is -1.38. The van der Waals surface area contributed by atoms with Gasteiger partial charge in [-0.2, -0.15) is 0 Å². The van der Waals surface area contributed by atoms with E-state index in [1.54, 1.807) is 6.08 Å². The molecule has 20 heavy (non-hydrogen) atoms. The summed E-state index contributed by atoms with van der Waals surface area (Å²) in [5.41, 5.74) is 4.22. The molecule has 0 atom stereocenters. The van der Waals surface area contributed by atoms with Crippen molar-refractivity contribution in [3.05, 3.63) is 53.1 Å². The van der Waals surface area contributed by atoms with E-state index in [9.17, 15) is 10.2 Å². The SMILES string of the molecule is CCCc1cccc(C2=CC=CCC2(O)O)c1CCC. The Kier molecular flexibility index (Phi) is 4.79. The summed E-state index contributed by atoms with van der Waals surface area (Å²) in [7, 11) is 0. The minimum absolute atomic E-state index is 0.252. The van der Waals surface area contributed by atoms with Crippen molar-refractivity contribution in [1.82, 2.24) is 0 Å². The Labute approximate surface area is 121 Å². The third kappa shape index (κ3) is 3.02. The molecule has 0 bridgehead atoms. The zero-order valence-corrected chi connectivity index (χ0v) is 12.4. The smallest absolute Gasteiger partial charge is 0.193 e. The average molecular weight is 272 g/mol. The maximum Gasteiger partial charge on any atom is 0.193 e. The Morgan fingerprint density at radius 1 is 1.10 bits per heavy atom. The first-order chi connectivity index (χ1) is 9.60. The van der Waals surface area contributed by atoms with E-state index in [0.29, 0.717) is 5.57 Å². The molecule has 0 saturated heterocycles. The summed E-state index contributed by atoms with van der Waals surface area (Å²) in [6.45, 7) is 4.33. The standard InChI is InChI=1S/C18H24O2/c1-3-8-14-10-7-11-16(15(14)9-4-2)17-12-5-6-13-18(17,19)20/h5-7,10-12,19-20H,3-4,8-9,13H2,1-2H3. The maximum absolute atomic E-state index is 10.2. The van der Waals surface area contributed by atoms with Crippen molar-refractivity contribution in [3.8, 4) is 0 Å². The summed E-state index contributed by atoms with van der Waals surface area (Å²) in [4.78, 5) is 0. The van der Waals surface area contributed by atoms with Crippen molar-refractivity contribution in [3.63, 3.8) is 0 Å². The van der Waals surface area contributed by atoms with Gasteiger partial charge in [0.05, 0.1) is 0 Å². The number of benzene rings is 1. The quantitative estimate of drug-likeness (QED) is 0.804. The molecule has 1 aliphatic carbocycles. The molecular weight excluding hydrogens is 248 g/mol. The Morgan fingerprint density at radius 2 is 1.85 bits per heavy atom. The van der Waals surface area contributed by atoms with Crippen molar-refractivity contribution in [1.29, 1.82) is 0 Å². The molecule has 0 heterocycles. The van der Waals surface area contributed by atoms with E-state index in [-0.39, 0.29) is 6.42 Å². The van der Waals surface area contributed by atoms with Gasteiger partial charge in [-0.25, -0.2) is 0 Å². The summed E-state index contributed by atoms with van der Waals surface area (Å²) in [5, 5.41) is 20.5. The molecule has 0 fully saturated rings. The molecule has 0 aliphatic heterocycles. The lowest BCUT2D eigenvalue weighted by Gasteiger charge is -2.28. The lowest BCUT2D eigenvalue weighted by molar-refractivity contribution is -0.105. The normalized spacial score (nSPS) is 17.1. The van der Waals surface area contributed by atoms with Gasteiger partial charge >= 0.3 is 0 Å². The van der Waals surface area contributed by atoms with Gasteiger partial charge < -0.3 is 10.2 Å². The highest BCUT2D eigenvalue weighted by atomic mass is 16.5. The first kappa shape index (κ1) is 15.0. The first-order valence-corrected chi connectivity index (χ1v) is 7.53. The van der Waals surface area contributed by atoms with E-state index < -0.39 is 5.79 Å². The highest BCUT2D eigenvalue weighted by Gasteiger charge is 2.31. The molecule has 2 heteroatoms. The van der Waals surface area contributed by atoms with E-state index in [1.807, 2.05) is 24.3 Å². The van der Waals surface area contributed by atoms with E-state index in [1.165, 1.54) is 11.1 Å². The maximum atomic E-state index is 10.2. The molecule has 108 valence electrons. The number of hydrogen-bond acceptors (Lipinski definition) is 2. The van der Waals surface area contributed by atoms with Gasteiger partial charge in [-0.15, -0.1) is 0 Å². The zero-order valence-electron chi connectivity index (χ0n) is 12.4. The van der Waals surface area contributed by atoms with Gasteiger partial charge in [-0.3, -0.25) is 0 Å². The second-order valence-electron chi connectivity index (χ2n) is 5.47. The molecule has 0 aromatic heterocycles. The molecule has 2 rings (SSSR count). The van der Waals surface area contributed by atoms with Gasteiger partial charge in [0.15, 0.2) is 5.79 Å². The van der Waals surface area contributed by atoms with Crippen molar-refractivity contribution in [2.45, 2.75) is 51.7 Å². The number of aliphatic hydroxyl groups is 2. The summed E-state index contributed by atoms with van der Waals surface area (Å²) in [5.74, 6) is -1.75. The summed E-state index contributed by atoms with van der Waals surface area (Å²) < 4.78 is 0. The molecule has 0 unspecified atom stereocenters. The summed E-state index contributed by atoms with van der Waals surface area (Å²) in [6.07, 6.45) is 9.94. The molecule has 1 aromatic rings. The van der Waals surface area contributed by atoms with Crippen LogP contribution in [0.15, 0.2) is 36.4 Å². The molecule has 0 saturated carbocycles. The predicted octanol–water partition coefficient (Wildman–Crippen LogP) is 3.62. The predicted molar refractivity (Wildman–Crippen MR) is 83.3 cm³/mol. The van der Waals surface area contributed by atoms with E-state index in [0.717, 1.165) is 31.2 Å². The minimum Gasteiger partial charge on any atom is -0.362 e. The molecule has 0 spiro atoms. The number of hydrogen-bond donors (Lipinski definition) is 2. The van der Waals surface area contributed by atoms with Gasteiger partial charge in [-0.05, 0) is 29.5 Å². The van der Waals surface area contributed by atoms with E-state index >= 15 is 0 Å². The second kappa shape index (κ2) is 6.38. The third-order valence-corrected chi connectivity index (χ3v) is 3.82. The van der Waals surface area contributed by atoms with Crippen LogP contribution in [0.4, 0.5) is 0 Å².